The van der Waals surface area contributed by atoms with Gasteiger partial charge >= 0.3 is 18.0 Å². The lowest BCUT2D eigenvalue weighted by Crippen LogP contribution is -2.60. The molecule has 1 heterocycles. The summed E-state index contributed by atoms with van der Waals surface area (Å²) < 4.78 is 11.0. The highest BCUT2D eigenvalue weighted by atomic mass is 16.6. The van der Waals surface area contributed by atoms with E-state index in [1.807, 2.05) is 48.5 Å². The highest BCUT2D eigenvalue weighted by Gasteiger charge is 2.61. The van der Waals surface area contributed by atoms with Gasteiger partial charge in [-0.3, -0.25) is 4.90 Å². The van der Waals surface area contributed by atoms with Crippen molar-refractivity contribution in [2.45, 2.75) is 50.3 Å². The van der Waals surface area contributed by atoms with E-state index in [1.54, 1.807) is 20.8 Å². The Morgan fingerprint density at radius 2 is 1.61 bits per heavy atom. The number of esters is 1. The van der Waals surface area contributed by atoms with E-state index < -0.39 is 35.2 Å². The monoisotopic (exact) mass is 452 g/mol. The number of nitrogens with zero attached hydrogens (tertiary/aromatic N) is 1. The summed E-state index contributed by atoms with van der Waals surface area (Å²) in [5.41, 5.74) is 7.05. The molecule has 3 N–H and O–H groups in total. The lowest BCUT2D eigenvalue weighted by Gasteiger charge is -2.34. The van der Waals surface area contributed by atoms with Crippen LogP contribution in [0.25, 0.3) is 11.1 Å². The van der Waals surface area contributed by atoms with E-state index >= 15 is 0 Å². The summed E-state index contributed by atoms with van der Waals surface area (Å²) >= 11 is 0. The fraction of sp³-hybridized carbons (Fsp3) is 0.400. The first kappa shape index (κ1) is 22.8. The standard InChI is InChI=1S/C25H28N2O6/c1-24(2,3)33-22(30)25(21(28)29)12-15(26)13-27(25)23(31)32-14-20-18-10-6-4-8-16(18)17-9-5-7-11-19(17)20/h4-11,15,20H,12-14,26H2,1-3H3,(H,28,29). The molecule has 0 bridgehead atoms. The minimum Gasteiger partial charge on any atom is -0.479 e. The molecule has 8 heteroatoms. The molecule has 174 valence electrons. The second kappa shape index (κ2) is 8.19. The Morgan fingerprint density at radius 3 is 2.12 bits per heavy atom. The van der Waals surface area contributed by atoms with Crippen LogP contribution in [-0.4, -0.2) is 58.4 Å². The van der Waals surface area contributed by atoms with Gasteiger partial charge in [0.2, 0.25) is 5.54 Å². The molecule has 2 aromatic carbocycles. The Kier molecular flexibility index (Phi) is 5.66. The van der Waals surface area contributed by atoms with Gasteiger partial charge in [-0.15, -0.1) is 0 Å². The van der Waals surface area contributed by atoms with Gasteiger partial charge in [0.05, 0.1) is 0 Å². The summed E-state index contributed by atoms with van der Waals surface area (Å²) in [4.78, 5) is 39.3. The van der Waals surface area contributed by atoms with Crippen LogP contribution in [0.3, 0.4) is 0 Å². The number of carboxylic acid groups (broad SMARTS) is 1. The molecule has 1 aliphatic carbocycles. The number of hydrogen-bond donors (Lipinski definition) is 2. The van der Waals surface area contributed by atoms with Gasteiger partial charge in [0, 0.05) is 24.9 Å². The molecular weight excluding hydrogens is 424 g/mol. The Morgan fingerprint density at radius 1 is 1.06 bits per heavy atom. The largest absolute Gasteiger partial charge is 0.479 e. The van der Waals surface area contributed by atoms with Crippen molar-refractivity contribution in [2.75, 3.05) is 13.2 Å². The molecule has 0 radical (unpaired) electrons. The molecule has 2 aromatic rings. The zero-order valence-electron chi connectivity index (χ0n) is 18.9. The molecule has 1 amide bonds. The molecular formula is C25H28N2O6. The Balaban J connectivity index is 1.59. The van der Waals surface area contributed by atoms with E-state index in [4.69, 9.17) is 15.2 Å². The summed E-state index contributed by atoms with van der Waals surface area (Å²) in [5, 5.41) is 10.0. The summed E-state index contributed by atoms with van der Waals surface area (Å²) in [6, 6.07) is 15.1. The summed E-state index contributed by atoms with van der Waals surface area (Å²) in [5.74, 6) is -2.71. The van der Waals surface area contributed by atoms with Crippen LogP contribution in [0, 0.1) is 0 Å². The lowest BCUT2D eigenvalue weighted by molar-refractivity contribution is -0.176. The van der Waals surface area contributed by atoms with Crippen molar-refractivity contribution in [3.8, 4) is 11.1 Å². The predicted molar refractivity (Wildman–Crippen MR) is 121 cm³/mol. The number of fused-ring (bicyclic) bond motifs is 3. The van der Waals surface area contributed by atoms with Gasteiger partial charge in [0.1, 0.15) is 12.2 Å². The lowest BCUT2D eigenvalue weighted by atomic mass is 9.94. The number of hydrogen-bond acceptors (Lipinski definition) is 6. The molecule has 1 fully saturated rings. The number of rotatable bonds is 4. The highest BCUT2D eigenvalue weighted by Crippen LogP contribution is 2.44. The topological polar surface area (TPSA) is 119 Å². The molecule has 4 rings (SSSR count). The van der Waals surface area contributed by atoms with E-state index in [9.17, 15) is 19.5 Å². The molecule has 1 saturated heterocycles. The third-order valence-corrected chi connectivity index (χ3v) is 6.08. The quantitative estimate of drug-likeness (QED) is 0.540. The van der Waals surface area contributed by atoms with Gasteiger partial charge < -0.3 is 20.3 Å². The van der Waals surface area contributed by atoms with E-state index in [1.165, 1.54) is 0 Å². The van der Waals surface area contributed by atoms with Crippen LogP contribution in [0.1, 0.15) is 44.2 Å². The fourth-order valence-corrected chi connectivity index (χ4v) is 4.69. The number of aliphatic carboxylic acids is 1. The molecule has 8 nitrogen and oxygen atoms in total. The number of carbonyl (C=O) groups is 3. The van der Waals surface area contributed by atoms with Crippen molar-refractivity contribution >= 4 is 18.0 Å². The van der Waals surface area contributed by atoms with Crippen molar-refractivity contribution in [3.05, 3.63) is 59.7 Å². The van der Waals surface area contributed by atoms with Crippen LogP contribution < -0.4 is 5.73 Å². The minimum absolute atomic E-state index is 0.00259. The average Bonchev–Trinajstić information content (AvgIpc) is 3.27. The number of carboxylic acids is 1. The third kappa shape index (κ3) is 3.95. The molecule has 33 heavy (non-hydrogen) atoms. The fourth-order valence-electron chi connectivity index (χ4n) is 4.69. The number of likely N-dealkylation sites (tertiary alicyclic amines) is 1. The molecule has 2 unspecified atom stereocenters. The first-order valence-corrected chi connectivity index (χ1v) is 10.9. The number of benzene rings is 2. The van der Waals surface area contributed by atoms with E-state index in [-0.39, 0.29) is 25.5 Å². The van der Waals surface area contributed by atoms with Gasteiger partial charge in [0.15, 0.2) is 0 Å². The number of amides is 1. The van der Waals surface area contributed by atoms with Gasteiger partial charge in [-0.1, -0.05) is 48.5 Å². The molecule has 2 atom stereocenters. The minimum atomic E-state index is -2.23. The third-order valence-electron chi connectivity index (χ3n) is 6.08. The van der Waals surface area contributed by atoms with Crippen LogP contribution >= 0.6 is 0 Å². The molecule has 0 aromatic heterocycles. The smallest absolute Gasteiger partial charge is 0.411 e. The molecule has 0 spiro atoms. The maximum Gasteiger partial charge on any atom is 0.411 e. The van der Waals surface area contributed by atoms with Gasteiger partial charge in [-0.25, -0.2) is 14.4 Å². The van der Waals surface area contributed by atoms with Crippen LogP contribution in [0.2, 0.25) is 0 Å². The van der Waals surface area contributed by atoms with E-state index in [2.05, 4.69) is 0 Å². The second-order valence-corrected chi connectivity index (χ2v) is 9.55. The number of carbonyl (C=O) groups excluding carboxylic acids is 2. The highest BCUT2D eigenvalue weighted by molar-refractivity contribution is 6.07. The first-order valence-electron chi connectivity index (χ1n) is 10.9. The maximum absolute atomic E-state index is 13.1. The molecule has 0 saturated carbocycles. The number of nitrogens with two attached hydrogens (primary N) is 1. The van der Waals surface area contributed by atoms with Crippen LogP contribution in [0.5, 0.6) is 0 Å². The van der Waals surface area contributed by atoms with E-state index in [0.29, 0.717) is 0 Å². The Hall–Kier alpha value is -3.39. The van der Waals surface area contributed by atoms with Crippen molar-refractivity contribution in [3.63, 3.8) is 0 Å². The molecule has 2 aliphatic rings. The van der Waals surface area contributed by atoms with Crippen LogP contribution in [0.15, 0.2) is 48.5 Å². The maximum atomic E-state index is 13.1. The van der Waals surface area contributed by atoms with E-state index in [0.717, 1.165) is 27.2 Å². The van der Waals surface area contributed by atoms with Crippen LogP contribution in [-0.2, 0) is 19.1 Å². The zero-order valence-corrected chi connectivity index (χ0v) is 18.9. The first-order chi connectivity index (χ1) is 15.5. The van der Waals surface area contributed by atoms with Crippen molar-refractivity contribution < 1.29 is 29.0 Å². The zero-order chi connectivity index (χ0) is 24.0. The van der Waals surface area contributed by atoms with Crippen molar-refractivity contribution in [1.29, 1.82) is 0 Å². The van der Waals surface area contributed by atoms with Crippen molar-refractivity contribution in [1.82, 2.24) is 4.90 Å². The van der Waals surface area contributed by atoms with Crippen molar-refractivity contribution in [2.24, 2.45) is 5.73 Å². The summed E-state index contributed by atoms with van der Waals surface area (Å²) in [6.45, 7) is 4.78. The SMILES string of the molecule is CC(C)(C)OC(=O)C1(C(=O)O)CC(N)CN1C(=O)OCC1c2ccccc2-c2ccccc21. The Labute approximate surface area is 192 Å². The normalized spacial score (nSPS) is 21.9. The van der Waals surface area contributed by atoms with Gasteiger partial charge in [-0.05, 0) is 43.0 Å². The summed E-state index contributed by atoms with van der Waals surface area (Å²) in [7, 11) is 0. The van der Waals surface area contributed by atoms with Crippen LogP contribution in [0.4, 0.5) is 4.79 Å². The second-order valence-electron chi connectivity index (χ2n) is 9.55. The van der Waals surface area contributed by atoms with Gasteiger partial charge in [-0.2, -0.15) is 0 Å². The number of ether oxygens (including phenoxy) is 2. The Bertz CT molecular complexity index is 1060. The average molecular weight is 453 g/mol. The summed E-state index contributed by atoms with van der Waals surface area (Å²) in [6.07, 6.45) is -1.15. The molecule has 1 aliphatic heterocycles. The van der Waals surface area contributed by atoms with Gasteiger partial charge in [0.25, 0.3) is 0 Å². The predicted octanol–water partition coefficient (Wildman–Crippen LogP) is 3.13.